The molecule has 0 aromatic carbocycles. The molecule has 0 N–H and O–H groups in total. The van der Waals surface area contributed by atoms with Gasteiger partial charge in [0.05, 0.1) is 34.3 Å². The summed E-state index contributed by atoms with van der Waals surface area (Å²) in [5, 5.41) is 0. The van der Waals surface area contributed by atoms with Gasteiger partial charge in [0, 0.05) is 6.92 Å². The molecule has 0 aliphatic heterocycles. The minimum Gasteiger partial charge on any atom is -0.466 e. The van der Waals surface area contributed by atoms with E-state index in [2.05, 4.69) is 21.1 Å². The first-order valence-electron chi connectivity index (χ1n) is 8.35. The summed E-state index contributed by atoms with van der Waals surface area (Å²) in [6.07, 6.45) is 13.1. The fourth-order valence-electron chi connectivity index (χ4n) is 2.32. The first kappa shape index (κ1) is 19.4. The van der Waals surface area contributed by atoms with Gasteiger partial charge in [-0.2, -0.15) is 0 Å². The zero-order valence-corrected chi connectivity index (χ0v) is 14.2. The number of carbonyl (C=O) groups is 1. The molecular weight excluding hydrogens is 250 g/mol. The predicted octanol–water partition coefficient (Wildman–Crippen LogP) is 4.16. The van der Waals surface area contributed by atoms with Crippen molar-refractivity contribution in [2.75, 3.05) is 34.3 Å². The van der Waals surface area contributed by atoms with Gasteiger partial charge in [0.2, 0.25) is 0 Å². The van der Waals surface area contributed by atoms with E-state index in [4.69, 9.17) is 4.74 Å². The van der Waals surface area contributed by atoms with Crippen LogP contribution in [0.2, 0.25) is 0 Å². The third-order valence-corrected chi connectivity index (χ3v) is 3.53. The molecule has 0 heterocycles. The summed E-state index contributed by atoms with van der Waals surface area (Å²) in [5.74, 6) is -0.157. The number of nitrogens with zero attached hydrogens (tertiary/aromatic N) is 1. The Balaban J connectivity index is 3.05. The van der Waals surface area contributed by atoms with Crippen molar-refractivity contribution in [3.05, 3.63) is 0 Å². The first-order valence-corrected chi connectivity index (χ1v) is 8.35. The topological polar surface area (TPSA) is 26.3 Å². The molecule has 0 aliphatic rings. The van der Waals surface area contributed by atoms with Gasteiger partial charge in [-0.1, -0.05) is 44.9 Å². The van der Waals surface area contributed by atoms with Crippen molar-refractivity contribution in [1.29, 1.82) is 0 Å². The molecule has 3 heteroatoms. The van der Waals surface area contributed by atoms with Crippen LogP contribution in [-0.2, 0) is 9.53 Å². The molecule has 0 amide bonds. The average molecular weight is 286 g/mol. The second-order valence-corrected chi connectivity index (χ2v) is 6.89. The second-order valence-electron chi connectivity index (χ2n) is 6.89. The predicted molar refractivity (Wildman–Crippen MR) is 85.7 cm³/mol. The smallest absolute Gasteiger partial charge is 0.302 e. The lowest BCUT2D eigenvalue weighted by Crippen LogP contribution is -2.35. The largest absolute Gasteiger partial charge is 0.466 e. The summed E-state index contributed by atoms with van der Waals surface area (Å²) in [6, 6.07) is 0. The molecule has 0 aromatic rings. The molecule has 0 aliphatic carbocycles. The number of ether oxygens (including phenoxy) is 1. The summed E-state index contributed by atoms with van der Waals surface area (Å²) in [7, 11) is 6.80. The monoisotopic (exact) mass is 286 g/mol. The van der Waals surface area contributed by atoms with Crippen LogP contribution < -0.4 is 0 Å². The van der Waals surface area contributed by atoms with E-state index in [0.29, 0.717) is 6.61 Å². The number of carbonyl (C=O) groups excluding carboxylic acids is 1. The maximum absolute atomic E-state index is 10.6. The van der Waals surface area contributed by atoms with E-state index in [1.165, 1.54) is 71.3 Å². The minimum atomic E-state index is -0.157. The zero-order valence-electron chi connectivity index (χ0n) is 14.2. The Hall–Kier alpha value is -0.570. The normalized spacial score (nSPS) is 11.6. The number of esters is 1. The van der Waals surface area contributed by atoms with Crippen molar-refractivity contribution in [3.8, 4) is 0 Å². The molecule has 0 spiro atoms. The minimum absolute atomic E-state index is 0.157. The Kier molecular flexibility index (Phi) is 11.8. The molecule has 0 aromatic heterocycles. The zero-order chi connectivity index (χ0) is 15.3. The van der Waals surface area contributed by atoms with E-state index in [1.807, 2.05) is 0 Å². The molecular formula is C17H36NO2+. The van der Waals surface area contributed by atoms with Crippen molar-refractivity contribution in [3.63, 3.8) is 0 Å². The van der Waals surface area contributed by atoms with Crippen LogP contribution in [0, 0.1) is 0 Å². The van der Waals surface area contributed by atoms with Gasteiger partial charge in [0.15, 0.2) is 0 Å². The van der Waals surface area contributed by atoms with Crippen molar-refractivity contribution in [2.24, 2.45) is 0 Å². The van der Waals surface area contributed by atoms with Crippen LogP contribution in [0.15, 0.2) is 0 Å². The number of rotatable bonds is 13. The maximum Gasteiger partial charge on any atom is 0.302 e. The Morgan fingerprint density at radius 1 is 0.750 bits per heavy atom. The van der Waals surface area contributed by atoms with Crippen molar-refractivity contribution < 1.29 is 14.0 Å². The van der Waals surface area contributed by atoms with Gasteiger partial charge in [-0.05, 0) is 19.3 Å². The number of hydrogen-bond donors (Lipinski definition) is 0. The maximum atomic E-state index is 10.6. The van der Waals surface area contributed by atoms with Crippen LogP contribution in [0.25, 0.3) is 0 Å². The van der Waals surface area contributed by atoms with Crippen LogP contribution in [-0.4, -0.2) is 44.7 Å². The third-order valence-electron chi connectivity index (χ3n) is 3.53. The molecule has 20 heavy (non-hydrogen) atoms. The van der Waals surface area contributed by atoms with E-state index in [1.54, 1.807) is 0 Å². The summed E-state index contributed by atoms with van der Waals surface area (Å²) in [4.78, 5) is 10.6. The Labute approximate surface area is 126 Å². The molecule has 120 valence electrons. The van der Waals surface area contributed by atoms with Gasteiger partial charge in [0.1, 0.15) is 0 Å². The highest BCUT2D eigenvalue weighted by atomic mass is 16.5. The summed E-state index contributed by atoms with van der Waals surface area (Å²) < 4.78 is 6.00. The summed E-state index contributed by atoms with van der Waals surface area (Å²) >= 11 is 0. The SMILES string of the molecule is CC(=O)OCCCCCCCCCCCC[N+](C)(C)C. The lowest BCUT2D eigenvalue weighted by molar-refractivity contribution is -0.870. The lowest BCUT2D eigenvalue weighted by atomic mass is 10.1. The van der Waals surface area contributed by atoms with Gasteiger partial charge in [-0.15, -0.1) is 0 Å². The average Bonchev–Trinajstić information content (AvgIpc) is 2.33. The van der Waals surface area contributed by atoms with E-state index < -0.39 is 0 Å². The molecule has 0 unspecified atom stereocenters. The summed E-state index contributed by atoms with van der Waals surface area (Å²) in [5.41, 5.74) is 0. The number of hydrogen-bond acceptors (Lipinski definition) is 2. The van der Waals surface area contributed by atoms with Gasteiger partial charge in [-0.3, -0.25) is 4.79 Å². The molecule has 3 nitrogen and oxygen atoms in total. The standard InChI is InChI=1S/C17H36NO2/c1-17(19)20-16-14-12-10-8-6-5-7-9-11-13-15-18(2,3)4/h5-16H2,1-4H3/q+1. The number of unbranched alkanes of at least 4 members (excludes halogenated alkanes) is 9. The number of quaternary nitrogens is 1. The molecule has 0 saturated heterocycles. The highest BCUT2D eigenvalue weighted by molar-refractivity contribution is 5.65. The van der Waals surface area contributed by atoms with Crippen LogP contribution in [0.5, 0.6) is 0 Å². The highest BCUT2D eigenvalue weighted by Gasteiger charge is 2.04. The van der Waals surface area contributed by atoms with E-state index in [-0.39, 0.29) is 5.97 Å². The third kappa shape index (κ3) is 17.4. The van der Waals surface area contributed by atoms with E-state index >= 15 is 0 Å². The van der Waals surface area contributed by atoms with Crippen LogP contribution in [0.4, 0.5) is 0 Å². The fraction of sp³-hybridized carbons (Fsp3) is 0.941. The lowest BCUT2D eigenvalue weighted by Gasteiger charge is -2.23. The van der Waals surface area contributed by atoms with Crippen LogP contribution in [0.1, 0.15) is 71.1 Å². The molecule has 0 bridgehead atoms. The summed E-state index contributed by atoms with van der Waals surface area (Å²) in [6.45, 7) is 3.37. The van der Waals surface area contributed by atoms with Crippen molar-refractivity contribution in [1.82, 2.24) is 0 Å². The van der Waals surface area contributed by atoms with Gasteiger partial charge in [0.25, 0.3) is 0 Å². The van der Waals surface area contributed by atoms with Gasteiger partial charge in [-0.25, -0.2) is 0 Å². The Morgan fingerprint density at radius 3 is 1.55 bits per heavy atom. The Bertz CT molecular complexity index is 234. The van der Waals surface area contributed by atoms with E-state index in [9.17, 15) is 4.79 Å². The van der Waals surface area contributed by atoms with Crippen LogP contribution >= 0.6 is 0 Å². The molecule has 0 saturated carbocycles. The van der Waals surface area contributed by atoms with Crippen molar-refractivity contribution in [2.45, 2.75) is 71.1 Å². The van der Waals surface area contributed by atoms with Crippen molar-refractivity contribution >= 4 is 5.97 Å². The fourth-order valence-corrected chi connectivity index (χ4v) is 2.32. The quantitative estimate of drug-likeness (QED) is 0.289. The van der Waals surface area contributed by atoms with Gasteiger partial charge < -0.3 is 9.22 Å². The van der Waals surface area contributed by atoms with E-state index in [0.717, 1.165) is 10.9 Å². The Morgan fingerprint density at radius 2 is 1.15 bits per heavy atom. The van der Waals surface area contributed by atoms with Crippen LogP contribution in [0.3, 0.4) is 0 Å². The highest BCUT2D eigenvalue weighted by Crippen LogP contribution is 2.11. The van der Waals surface area contributed by atoms with Gasteiger partial charge >= 0.3 is 5.97 Å². The molecule has 0 rings (SSSR count). The molecule has 0 fully saturated rings. The molecule has 0 atom stereocenters. The molecule has 0 radical (unpaired) electrons. The second kappa shape index (κ2) is 12.2. The first-order chi connectivity index (χ1) is 9.42.